The summed E-state index contributed by atoms with van der Waals surface area (Å²) in [5.74, 6) is 0.370. The topological polar surface area (TPSA) is 83.4 Å². The molecule has 2 aromatic rings. The third-order valence-electron chi connectivity index (χ3n) is 4.06. The minimum absolute atomic E-state index is 0.0909. The van der Waals surface area contributed by atoms with Crippen LogP contribution in [0.5, 0.6) is 11.5 Å². The van der Waals surface area contributed by atoms with E-state index in [4.69, 9.17) is 21.1 Å². The Labute approximate surface area is 163 Å². The molecule has 0 bridgehead atoms. The third kappa shape index (κ3) is 4.72. The number of halogens is 1. The number of hydrogen-bond donors (Lipinski definition) is 2. The number of amides is 1. The van der Waals surface area contributed by atoms with Crippen molar-refractivity contribution < 1.29 is 14.3 Å². The van der Waals surface area contributed by atoms with Crippen LogP contribution in [0.15, 0.2) is 42.1 Å². The fourth-order valence-electron chi connectivity index (χ4n) is 2.35. The van der Waals surface area contributed by atoms with Crippen LogP contribution < -0.4 is 20.1 Å². The number of carbonyl (C=O) groups excluding carboxylic acids is 1. The van der Waals surface area contributed by atoms with Crippen LogP contribution in [0, 0.1) is 25.2 Å². The summed E-state index contributed by atoms with van der Waals surface area (Å²) >= 11 is 6.07. The number of rotatable bonds is 6. The predicted molar refractivity (Wildman–Crippen MR) is 106 cm³/mol. The van der Waals surface area contributed by atoms with Gasteiger partial charge in [0.15, 0.2) is 0 Å². The molecule has 0 aliphatic rings. The number of carbonyl (C=O) groups is 1. The van der Waals surface area contributed by atoms with E-state index in [2.05, 4.69) is 10.6 Å². The Morgan fingerprint density at radius 3 is 2.48 bits per heavy atom. The van der Waals surface area contributed by atoms with Crippen molar-refractivity contribution in [3.8, 4) is 17.6 Å². The second kappa shape index (κ2) is 8.97. The third-order valence-corrected chi connectivity index (χ3v) is 4.36. The molecule has 0 atom stereocenters. The lowest BCUT2D eigenvalue weighted by atomic mass is 10.1. The highest BCUT2D eigenvalue weighted by Crippen LogP contribution is 2.35. The van der Waals surface area contributed by atoms with Crippen LogP contribution in [0.1, 0.15) is 11.1 Å². The summed E-state index contributed by atoms with van der Waals surface area (Å²) in [5, 5.41) is 15.4. The van der Waals surface area contributed by atoms with Crippen LogP contribution in [0.4, 0.5) is 11.4 Å². The molecular formula is C20H20ClN3O3. The standard InChI is InChI=1S/C20H20ClN3O3/c1-12-6-5-7-16(13(12)2)24-20(25)14(10-22)11-23-17-9-18(26-3)15(21)8-19(17)27-4/h5-9,11,23H,1-4H3,(H,24,25)/b14-11-. The Morgan fingerprint density at radius 2 is 1.85 bits per heavy atom. The van der Waals surface area contributed by atoms with E-state index >= 15 is 0 Å². The Bertz CT molecular complexity index is 933. The molecule has 0 radical (unpaired) electrons. The summed E-state index contributed by atoms with van der Waals surface area (Å²) in [6.45, 7) is 3.86. The highest BCUT2D eigenvalue weighted by Gasteiger charge is 2.13. The molecule has 0 spiro atoms. The van der Waals surface area contributed by atoms with Gasteiger partial charge in [0, 0.05) is 24.0 Å². The highest BCUT2D eigenvalue weighted by molar-refractivity contribution is 6.32. The van der Waals surface area contributed by atoms with Gasteiger partial charge < -0.3 is 20.1 Å². The first kappa shape index (κ1) is 20.1. The lowest BCUT2D eigenvalue weighted by Crippen LogP contribution is -2.15. The van der Waals surface area contributed by atoms with Gasteiger partial charge in [0.25, 0.3) is 5.91 Å². The van der Waals surface area contributed by atoms with Gasteiger partial charge in [-0.15, -0.1) is 0 Å². The van der Waals surface area contributed by atoms with E-state index in [0.717, 1.165) is 11.1 Å². The smallest absolute Gasteiger partial charge is 0.267 e. The molecule has 0 aliphatic heterocycles. The summed E-state index contributed by atoms with van der Waals surface area (Å²) in [6, 6.07) is 10.7. The first-order valence-corrected chi connectivity index (χ1v) is 8.45. The number of ether oxygens (including phenoxy) is 2. The summed E-state index contributed by atoms with van der Waals surface area (Å²) in [4.78, 5) is 12.4. The molecule has 27 heavy (non-hydrogen) atoms. The van der Waals surface area contributed by atoms with Crippen LogP contribution in [0.2, 0.25) is 5.02 Å². The van der Waals surface area contributed by atoms with Gasteiger partial charge in [-0.3, -0.25) is 4.79 Å². The molecule has 7 heteroatoms. The highest BCUT2D eigenvalue weighted by atomic mass is 35.5. The van der Waals surface area contributed by atoms with Gasteiger partial charge >= 0.3 is 0 Å². The maximum atomic E-state index is 12.4. The van der Waals surface area contributed by atoms with Gasteiger partial charge in [-0.2, -0.15) is 5.26 Å². The molecule has 140 valence electrons. The fraction of sp³-hybridized carbons (Fsp3) is 0.200. The fourth-order valence-corrected chi connectivity index (χ4v) is 2.58. The van der Waals surface area contributed by atoms with Gasteiger partial charge in [0.2, 0.25) is 0 Å². The quantitative estimate of drug-likeness (QED) is 0.567. The summed E-state index contributed by atoms with van der Waals surface area (Å²) in [7, 11) is 2.98. The van der Waals surface area contributed by atoms with E-state index in [9.17, 15) is 10.1 Å². The van der Waals surface area contributed by atoms with E-state index in [1.807, 2.05) is 32.0 Å². The molecule has 2 N–H and O–H groups in total. The Balaban J connectivity index is 2.25. The molecule has 0 aromatic heterocycles. The van der Waals surface area contributed by atoms with E-state index in [1.54, 1.807) is 18.2 Å². The largest absolute Gasteiger partial charge is 0.495 e. The Hall–Kier alpha value is -3.17. The lowest BCUT2D eigenvalue weighted by Gasteiger charge is -2.12. The van der Waals surface area contributed by atoms with E-state index < -0.39 is 5.91 Å². The number of methoxy groups -OCH3 is 2. The number of hydrogen-bond acceptors (Lipinski definition) is 5. The number of nitriles is 1. The zero-order valence-electron chi connectivity index (χ0n) is 15.5. The molecule has 0 unspecified atom stereocenters. The van der Waals surface area contributed by atoms with Gasteiger partial charge in [-0.05, 0) is 31.0 Å². The summed E-state index contributed by atoms with van der Waals surface area (Å²) < 4.78 is 10.4. The van der Waals surface area contributed by atoms with Crippen molar-refractivity contribution in [2.45, 2.75) is 13.8 Å². The normalized spacial score (nSPS) is 10.7. The van der Waals surface area contributed by atoms with Crippen LogP contribution in [0.25, 0.3) is 0 Å². The van der Waals surface area contributed by atoms with Crippen molar-refractivity contribution in [2.75, 3.05) is 24.9 Å². The molecule has 0 saturated heterocycles. The first-order chi connectivity index (χ1) is 12.9. The molecular weight excluding hydrogens is 366 g/mol. The zero-order valence-corrected chi connectivity index (χ0v) is 16.3. The number of nitrogens with zero attached hydrogens (tertiary/aromatic N) is 1. The van der Waals surface area contributed by atoms with Gasteiger partial charge in [0.1, 0.15) is 23.1 Å². The van der Waals surface area contributed by atoms with E-state index in [0.29, 0.717) is 27.9 Å². The minimum Gasteiger partial charge on any atom is -0.495 e. The molecule has 0 heterocycles. The van der Waals surface area contributed by atoms with Crippen LogP contribution in [0.3, 0.4) is 0 Å². The second-order valence-electron chi connectivity index (χ2n) is 5.70. The molecule has 0 saturated carbocycles. The monoisotopic (exact) mass is 385 g/mol. The van der Waals surface area contributed by atoms with Crippen molar-refractivity contribution in [3.63, 3.8) is 0 Å². The maximum absolute atomic E-state index is 12.4. The Morgan fingerprint density at radius 1 is 1.15 bits per heavy atom. The van der Waals surface area contributed by atoms with Crippen LogP contribution in [-0.2, 0) is 4.79 Å². The minimum atomic E-state index is -0.515. The van der Waals surface area contributed by atoms with Crippen molar-refractivity contribution in [1.29, 1.82) is 5.26 Å². The van der Waals surface area contributed by atoms with E-state index in [1.165, 1.54) is 20.4 Å². The molecule has 2 aromatic carbocycles. The van der Waals surface area contributed by atoms with Crippen LogP contribution >= 0.6 is 11.6 Å². The van der Waals surface area contributed by atoms with Gasteiger partial charge in [-0.25, -0.2) is 0 Å². The average Bonchev–Trinajstić information content (AvgIpc) is 2.66. The molecule has 1 amide bonds. The zero-order chi connectivity index (χ0) is 20.0. The average molecular weight is 386 g/mol. The number of benzene rings is 2. The van der Waals surface area contributed by atoms with Gasteiger partial charge in [-0.1, -0.05) is 23.7 Å². The predicted octanol–water partition coefficient (Wildman–Crippen LogP) is 4.43. The number of anilines is 2. The molecule has 6 nitrogen and oxygen atoms in total. The lowest BCUT2D eigenvalue weighted by molar-refractivity contribution is -0.112. The number of nitrogens with one attached hydrogen (secondary N) is 2. The molecule has 2 rings (SSSR count). The van der Waals surface area contributed by atoms with Crippen molar-refractivity contribution in [3.05, 3.63) is 58.3 Å². The molecule has 0 aliphatic carbocycles. The first-order valence-electron chi connectivity index (χ1n) is 8.07. The number of aryl methyl sites for hydroxylation is 1. The maximum Gasteiger partial charge on any atom is 0.267 e. The van der Waals surface area contributed by atoms with Gasteiger partial charge in [0.05, 0.1) is 24.9 Å². The van der Waals surface area contributed by atoms with E-state index in [-0.39, 0.29) is 5.57 Å². The SMILES string of the molecule is COc1cc(N/C=C(/C#N)C(=O)Nc2cccc(C)c2C)c(OC)cc1Cl. The molecule has 0 fully saturated rings. The van der Waals surface area contributed by atoms with Crippen molar-refractivity contribution in [1.82, 2.24) is 0 Å². The summed E-state index contributed by atoms with van der Waals surface area (Å²) in [6.07, 6.45) is 1.31. The Kier molecular flexibility index (Phi) is 6.69. The summed E-state index contributed by atoms with van der Waals surface area (Å²) in [5.41, 5.74) is 3.07. The second-order valence-corrected chi connectivity index (χ2v) is 6.11. The van der Waals surface area contributed by atoms with Crippen molar-refractivity contribution >= 4 is 28.9 Å². The van der Waals surface area contributed by atoms with Crippen molar-refractivity contribution in [2.24, 2.45) is 0 Å². The van der Waals surface area contributed by atoms with Crippen LogP contribution in [-0.4, -0.2) is 20.1 Å².